The Morgan fingerprint density at radius 3 is 2.82 bits per heavy atom. The molecular formula is C13H14ClNO2. The molecule has 0 aromatic heterocycles. The normalized spacial score (nSPS) is 9.35. The van der Waals surface area contributed by atoms with E-state index in [9.17, 15) is 4.79 Å². The lowest BCUT2D eigenvalue weighted by atomic mass is 10.1. The quantitative estimate of drug-likeness (QED) is 0.499. The summed E-state index contributed by atoms with van der Waals surface area (Å²) in [5, 5.41) is 0.477. The van der Waals surface area contributed by atoms with Gasteiger partial charge in [-0.05, 0) is 31.5 Å². The summed E-state index contributed by atoms with van der Waals surface area (Å²) in [6, 6.07) is 3.52. The third-order valence-corrected chi connectivity index (χ3v) is 2.42. The number of rotatable bonds is 2. The lowest BCUT2D eigenvalue weighted by Gasteiger charge is -2.02. The van der Waals surface area contributed by atoms with Gasteiger partial charge in [0.15, 0.2) is 0 Å². The standard InChI is InChI=1S/C13H14ClNO2/c1-3-17-12(16)6-4-5-10-7-9(2)13(15)11(14)8-10/h7-8H,3,6,15H2,1-2H3. The zero-order valence-corrected chi connectivity index (χ0v) is 10.6. The molecule has 0 amide bonds. The molecule has 0 aliphatic carbocycles. The highest BCUT2D eigenvalue weighted by molar-refractivity contribution is 6.33. The van der Waals surface area contributed by atoms with Gasteiger partial charge >= 0.3 is 5.97 Å². The lowest BCUT2D eigenvalue weighted by Crippen LogP contribution is -2.01. The Kier molecular flexibility index (Phi) is 4.86. The first kappa shape index (κ1) is 13.4. The van der Waals surface area contributed by atoms with Crippen LogP contribution in [0.3, 0.4) is 0 Å². The molecule has 0 atom stereocenters. The van der Waals surface area contributed by atoms with Crippen molar-refractivity contribution in [1.82, 2.24) is 0 Å². The summed E-state index contributed by atoms with van der Waals surface area (Å²) >= 11 is 5.93. The van der Waals surface area contributed by atoms with Gasteiger partial charge in [0, 0.05) is 5.56 Å². The number of esters is 1. The summed E-state index contributed by atoms with van der Waals surface area (Å²) in [5.41, 5.74) is 7.89. The van der Waals surface area contributed by atoms with Gasteiger partial charge in [-0.2, -0.15) is 0 Å². The van der Waals surface area contributed by atoms with Crippen molar-refractivity contribution in [2.24, 2.45) is 0 Å². The summed E-state index contributed by atoms with van der Waals surface area (Å²) in [5.74, 6) is 5.27. The Bertz CT molecular complexity index is 463. The zero-order valence-electron chi connectivity index (χ0n) is 9.84. The Balaban J connectivity index is 2.76. The molecule has 0 radical (unpaired) electrons. The molecule has 1 aromatic rings. The zero-order chi connectivity index (χ0) is 12.8. The highest BCUT2D eigenvalue weighted by Crippen LogP contribution is 2.23. The smallest absolute Gasteiger partial charge is 0.317 e. The molecule has 3 nitrogen and oxygen atoms in total. The van der Waals surface area contributed by atoms with Crippen molar-refractivity contribution in [2.45, 2.75) is 20.3 Å². The van der Waals surface area contributed by atoms with Crippen molar-refractivity contribution in [3.05, 3.63) is 28.3 Å². The number of ether oxygens (including phenoxy) is 1. The monoisotopic (exact) mass is 251 g/mol. The molecule has 0 bridgehead atoms. The van der Waals surface area contributed by atoms with Crippen molar-refractivity contribution >= 4 is 23.3 Å². The first-order chi connectivity index (χ1) is 8.04. The van der Waals surface area contributed by atoms with Gasteiger partial charge in [0.2, 0.25) is 0 Å². The van der Waals surface area contributed by atoms with Gasteiger partial charge in [0.25, 0.3) is 0 Å². The number of halogens is 1. The molecule has 90 valence electrons. The van der Waals surface area contributed by atoms with Crippen LogP contribution < -0.4 is 5.73 Å². The number of hydrogen-bond acceptors (Lipinski definition) is 3. The van der Waals surface area contributed by atoms with Crippen LogP contribution in [-0.4, -0.2) is 12.6 Å². The summed E-state index contributed by atoms with van der Waals surface area (Å²) in [7, 11) is 0. The first-order valence-corrected chi connectivity index (χ1v) is 5.62. The van der Waals surface area contributed by atoms with E-state index in [0.29, 0.717) is 17.3 Å². The van der Waals surface area contributed by atoms with E-state index in [4.69, 9.17) is 22.1 Å². The van der Waals surface area contributed by atoms with Crippen LogP contribution >= 0.6 is 11.6 Å². The average Bonchev–Trinajstić information content (AvgIpc) is 2.26. The van der Waals surface area contributed by atoms with Crippen LogP contribution in [0.1, 0.15) is 24.5 Å². The molecule has 0 saturated carbocycles. The number of aryl methyl sites for hydroxylation is 1. The van der Waals surface area contributed by atoms with Crippen molar-refractivity contribution in [1.29, 1.82) is 0 Å². The number of hydrogen-bond donors (Lipinski definition) is 1. The van der Waals surface area contributed by atoms with Crippen molar-refractivity contribution in [3.8, 4) is 11.8 Å². The van der Waals surface area contributed by atoms with Gasteiger partial charge < -0.3 is 10.5 Å². The maximum Gasteiger partial charge on any atom is 0.317 e. The van der Waals surface area contributed by atoms with E-state index >= 15 is 0 Å². The number of carbonyl (C=O) groups excluding carboxylic acids is 1. The Hall–Kier alpha value is -1.66. The van der Waals surface area contributed by atoms with Crippen LogP contribution in [0.15, 0.2) is 12.1 Å². The van der Waals surface area contributed by atoms with E-state index in [0.717, 1.165) is 11.1 Å². The molecule has 0 heterocycles. The highest BCUT2D eigenvalue weighted by atomic mass is 35.5. The SMILES string of the molecule is CCOC(=O)CC#Cc1cc(C)c(N)c(Cl)c1. The molecule has 0 aliphatic heterocycles. The van der Waals surface area contributed by atoms with E-state index in [-0.39, 0.29) is 12.4 Å². The van der Waals surface area contributed by atoms with Crippen molar-refractivity contribution in [3.63, 3.8) is 0 Å². The maximum atomic E-state index is 11.1. The second-order valence-electron chi connectivity index (χ2n) is 3.47. The Morgan fingerprint density at radius 1 is 1.53 bits per heavy atom. The molecule has 17 heavy (non-hydrogen) atoms. The second kappa shape index (κ2) is 6.17. The molecule has 0 aliphatic rings. The topological polar surface area (TPSA) is 52.3 Å². The molecule has 0 fully saturated rings. The minimum Gasteiger partial charge on any atom is -0.465 e. The fraction of sp³-hybridized carbons (Fsp3) is 0.308. The molecule has 0 unspecified atom stereocenters. The lowest BCUT2D eigenvalue weighted by molar-refractivity contribution is -0.141. The molecular weight excluding hydrogens is 238 g/mol. The summed E-state index contributed by atoms with van der Waals surface area (Å²) in [4.78, 5) is 11.1. The number of nitrogen functional groups attached to an aromatic ring is 1. The minimum atomic E-state index is -0.321. The van der Waals surface area contributed by atoms with E-state index in [1.165, 1.54) is 0 Å². The van der Waals surface area contributed by atoms with Gasteiger partial charge in [-0.1, -0.05) is 23.4 Å². The fourth-order valence-corrected chi connectivity index (χ4v) is 1.52. The largest absolute Gasteiger partial charge is 0.465 e. The van der Waals surface area contributed by atoms with E-state index < -0.39 is 0 Å². The van der Waals surface area contributed by atoms with E-state index in [2.05, 4.69) is 11.8 Å². The van der Waals surface area contributed by atoms with Gasteiger partial charge in [-0.15, -0.1) is 0 Å². The molecule has 4 heteroatoms. The van der Waals surface area contributed by atoms with Gasteiger partial charge in [0.05, 0.1) is 17.3 Å². The van der Waals surface area contributed by atoms with Crippen LogP contribution in [0.25, 0.3) is 0 Å². The first-order valence-electron chi connectivity index (χ1n) is 5.24. The second-order valence-corrected chi connectivity index (χ2v) is 3.88. The Labute approximate surface area is 106 Å². The number of nitrogens with two attached hydrogens (primary N) is 1. The molecule has 1 aromatic carbocycles. The van der Waals surface area contributed by atoms with Crippen LogP contribution in [0, 0.1) is 18.8 Å². The van der Waals surface area contributed by atoms with Crippen LogP contribution in [0.5, 0.6) is 0 Å². The van der Waals surface area contributed by atoms with Gasteiger partial charge in [0.1, 0.15) is 6.42 Å². The third-order valence-electron chi connectivity index (χ3n) is 2.11. The number of carbonyl (C=O) groups is 1. The van der Waals surface area contributed by atoms with E-state index in [1.54, 1.807) is 13.0 Å². The molecule has 0 saturated heterocycles. The van der Waals surface area contributed by atoms with Crippen molar-refractivity contribution in [2.75, 3.05) is 12.3 Å². The van der Waals surface area contributed by atoms with Gasteiger partial charge in [-0.25, -0.2) is 0 Å². The van der Waals surface area contributed by atoms with Crippen LogP contribution in [-0.2, 0) is 9.53 Å². The number of benzene rings is 1. The summed E-state index contributed by atoms with van der Waals surface area (Å²) in [6.07, 6.45) is 0.0783. The van der Waals surface area contributed by atoms with Crippen LogP contribution in [0.4, 0.5) is 5.69 Å². The van der Waals surface area contributed by atoms with Crippen LogP contribution in [0.2, 0.25) is 5.02 Å². The summed E-state index contributed by atoms with van der Waals surface area (Å²) in [6.45, 7) is 3.99. The molecule has 2 N–H and O–H groups in total. The van der Waals surface area contributed by atoms with Crippen molar-refractivity contribution < 1.29 is 9.53 Å². The average molecular weight is 252 g/mol. The van der Waals surface area contributed by atoms with E-state index in [1.807, 2.05) is 13.0 Å². The maximum absolute atomic E-state index is 11.1. The Morgan fingerprint density at radius 2 is 2.24 bits per heavy atom. The predicted molar refractivity (Wildman–Crippen MR) is 68.7 cm³/mol. The molecule has 1 rings (SSSR count). The number of anilines is 1. The highest BCUT2D eigenvalue weighted by Gasteiger charge is 2.01. The third kappa shape index (κ3) is 4.01. The van der Waals surface area contributed by atoms with Gasteiger partial charge in [-0.3, -0.25) is 4.79 Å². The predicted octanol–water partition coefficient (Wildman–Crippen LogP) is 2.54. The minimum absolute atomic E-state index is 0.0783. The molecule has 0 spiro atoms. The summed E-state index contributed by atoms with van der Waals surface area (Å²) < 4.78 is 4.76. The fourth-order valence-electron chi connectivity index (χ4n) is 1.26.